The van der Waals surface area contributed by atoms with Crippen molar-refractivity contribution in [3.8, 4) is 5.75 Å². The van der Waals surface area contributed by atoms with E-state index >= 15 is 0 Å². The van der Waals surface area contributed by atoms with E-state index in [0.717, 1.165) is 17.8 Å². The van der Waals surface area contributed by atoms with Crippen LogP contribution in [0.4, 0.5) is 11.4 Å². The summed E-state index contributed by atoms with van der Waals surface area (Å²) in [5, 5.41) is 6.92. The van der Waals surface area contributed by atoms with Gasteiger partial charge in [-0.1, -0.05) is 31.2 Å². The fraction of sp³-hybridized carbons (Fsp3) is 0.176. The Balaban J connectivity index is 1.81. The third-order valence-electron chi connectivity index (χ3n) is 3.26. The zero-order chi connectivity index (χ0) is 17.4. The van der Waals surface area contributed by atoms with E-state index in [1.807, 2.05) is 36.4 Å². The van der Waals surface area contributed by atoms with Gasteiger partial charge >= 0.3 is 0 Å². The fourth-order valence-corrected chi connectivity index (χ4v) is 2.33. The normalized spacial score (nSPS) is 9.75. The van der Waals surface area contributed by atoms with Crippen LogP contribution in [-0.4, -0.2) is 17.3 Å². The van der Waals surface area contributed by atoms with Crippen LogP contribution in [0.5, 0.6) is 5.75 Å². The predicted molar refractivity (Wildman–Crippen MR) is 108 cm³/mol. The van der Waals surface area contributed by atoms with Gasteiger partial charge in [-0.3, -0.25) is 10.9 Å². The molecule has 24 heavy (non-hydrogen) atoms. The molecular weight excluding hydrogens is 340 g/mol. The lowest BCUT2D eigenvalue weighted by Gasteiger charge is -2.15. The molecule has 0 atom stereocenters. The molecule has 0 aliphatic carbocycles. The summed E-state index contributed by atoms with van der Waals surface area (Å²) in [5.41, 5.74) is 8.64. The Labute approximate surface area is 152 Å². The summed E-state index contributed by atoms with van der Waals surface area (Å²) in [4.78, 5) is 0. The number of hydrogen-bond donors (Lipinski definition) is 4. The zero-order valence-corrected chi connectivity index (χ0v) is 15.2. The first-order chi connectivity index (χ1) is 11.6. The minimum atomic E-state index is 0.380. The van der Waals surface area contributed by atoms with Crippen LogP contribution in [0.2, 0.25) is 0 Å². The molecule has 7 heteroatoms. The second-order valence-corrected chi connectivity index (χ2v) is 5.73. The Hall–Kier alpha value is -2.38. The van der Waals surface area contributed by atoms with E-state index in [4.69, 9.17) is 29.2 Å². The number of rotatable bonds is 4. The van der Waals surface area contributed by atoms with E-state index in [1.165, 1.54) is 5.56 Å². The number of methoxy groups -OCH3 is 1. The lowest BCUT2D eigenvalue weighted by molar-refractivity contribution is 0.417. The van der Waals surface area contributed by atoms with Gasteiger partial charge in [-0.15, -0.1) is 0 Å². The zero-order valence-electron chi connectivity index (χ0n) is 13.6. The number of aryl methyl sites for hydroxylation is 1. The van der Waals surface area contributed by atoms with Crippen LogP contribution in [0, 0.1) is 0 Å². The van der Waals surface area contributed by atoms with Gasteiger partial charge in [0.25, 0.3) is 0 Å². The maximum Gasteiger partial charge on any atom is 0.189 e. The highest BCUT2D eigenvalue weighted by molar-refractivity contribution is 7.81. The van der Waals surface area contributed by atoms with Crippen LogP contribution in [0.1, 0.15) is 12.5 Å². The van der Waals surface area contributed by atoms with E-state index in [9.17, 15) is 0 Å². The molecule has 0 amide bonds. The summed E-state index contributed by atoms with van der Waals surface area (Å²) in [5.74, 6) is 0.707. The average Bonchev–Trinajstić information content (AvgIpc) is 2.61. The summed E-state index contributed by atoms with van der Waals surface area (Å²) in [6.07, 6.45) is 1.01. The maximum atomic E-state index is 5.26. The largest absolute Gasteiger partial charge is 0.495 e. The smallest absolute Gasteiger partial charge is 0.189 e. The highest BCUT2D eigenvalue weighted by atomic mass is 32.1. The topological polar surface area (TPSA) is 57.3 Å². The molecule has 0 radical (unpaired) electrons. The number of anilines is 2. The van der Waals surface area contributed by atoms with Gasteiger partial charge in [0, 0.05) is 5.69 Å². The summed E-state index contributed by atoms with van der Waals surface area (Å²) in [7, 11) is 1.61. The molecule has 0 aromatic heterocycles. The molecule has 4 N–H and O–H groups in total. The Bertz CT molecular complexity index is 704. The van der Waals surface area contributed by atoms with E-state index in [2.05, 4.69) is 40.5 Å². The van der Waals surface area contributed by atoms with E-state index in [1.54, 1.807) is 7.11 Å². The Morgan fingerprint density at radius 3 is 2.17 bits per heavy atom. The Morgan fingerprint density at radius 2 is 1.54 bits per heavy atom. The Morgan fingerprint density at radius 1 is 0.917 bits per heavy atom. The minimum absolute atomic E-state index is 0.380. The highest BCUT2D eigenvalue weighted by Gasteiger charge is 2.04. The number of nitrogens with one attached hydrogen (secondary N) is 4. The van der Waals surface area contributed by atoms with Crippen molar-refractivity contribution in [1.29, 1.82) is 0 Å². The molecule has 0 spiro atoms. The third kappa shape index (κ3) is 5.36. The van der Waals surface area contributed by atoms with Gasteiger partial charge in [0.2, 0.25) is 0 Å². The van der Waals surface area contributed by atoms with Crippen LogP contribution in [0.15, 0.2) is 48.5 Å². The van der Waals surface area contributed by atoms with Crippen LogP contribution >= 0.6 is 24.4 Å². The number of para-hydroxylation sites is 2. The van der Waals surface area contributed by atoms with Gasteiger partial charge in [-0.25, -0.2) is 0 Å². The number of ether oxygens (including phenoxy) is 1. The van der Waals surface area contributed by atoms with Crippen molar-refractivity contribution in [1.82, 2.24) is 10.9 Å². The molecule has 0 fully saturated rings. The van der Waals surface area contributed by atoms with Gasteiger partial charge in [0.1, 0.15) is 5.75 Å². The monoisotopic (exact) mass is 360 g/mol. The molecule has 0 saturated heterocycles. The first-order valence-electron chi connectivity index (χ1n) is 7.48. The second kappa shape index (κ2) is 9.05. The molecule has 0 unspecified atom stereocenters. The van der Waals surface area contributed by atoms with Gasteiger partial charge in [-0.05, 0) is 60.7 Å². The summed E-state index contributed by atoms with van der Waals surface area (Å²) in [6.45, 7) is 2.12. The molecule has 2 aromatic carbocycles. The molecule has 0 heterocycles. The van der Waals surface area contributed by atoms with Gasteiger partial charge in [0.05, 0.1) is 12.8 Å². The van der Waals surface area contributed by atoms with Crippen LogP contribution in [0.3, 0.4) is 0 Å². The molecule has 126 valence electrons. The van der Waals surface area contributed by atoms with Crippen molar-refractivity contribution < 1.29 is 4.74 Å². The summed E-state index contributed by atoms with van der Waals surface area (Å²) < 4.78 is 5.26. The SMILES string of the molecule is CCc1ccc(NC(=S)NNC(=S)Nc2ccccc2OC)cc1. The van der Waals surface area contributed by atoms with Crippen LogP contribution < -0.4 is 26.2 Å². The average molecular weight is 361 g/mol. The number of hydrogen-bond acceptors (Lipinski definition) is 3. The van der Waals surface area contributed by atoms with Crippen molar-refractivity contribution >= 4 is 46.0 Å². The van der Waals surface area contributed by atoms with E-state index in [0.29, 0.717) is 16.0 Å². The molecule has 0 aliphatic rings. The van der Waals surface area contributed by atoms with Gasteiger partial charge in [0.15, 0.2) is 10.2 Å². The van der Waals surface area contributed by atoms with E-state index in [-0.39, 0.29) is 0 Å². The second-order valence-electron chi connectivity index (χ2n) is 4.91. The van der Waals surface area contributed by atoms with Crippen molar-refractivity contribution in [3.63, 3.8) is 0 Å². The lowest BCUT2D eigenvalue weighted by Crippen LogP contribution is -2.45. The maximum absolute atomic E-state index is 5.26. The summed E-state index contributed by atoms with van der Waals surface area (Å²) >= 11 is 10.5. The first kappa shape index (κ1) is 18.0. The third-order valence-corrected chi connectivity index (χ3v) is 3.67. The van der Waals surface area contributed by atoms with Crippen molar-refractivity contribution in [2.45, 2.75) is 13.3 Å². The van der Waals surface area contributed by atoms with Crippen molar-refractivity contribution in [2.24, 2.45) is 0 Å². The molecule has 5 nitrogen and oxygen atoms in total. The first-order valence-corrected chi connectivity index (χ1v) is 8.30. The van der Waals surface area contributed by atoms with E-state index < -0.39 is 0 Å². The van der Waals surface area contributed by atoms with Crippen LogP contribution in [-0.2, 0) is 6.42 Å². The molecule has 0 aliphatic heterocycles. The van der Waals surface area contributed by atoms with Crippen LogP contribution in [0.25, 0.3) is 0 Å². The van der Waals surface area contributed by atoms with Gasteiger partial charge in [-0.2, -0.15) is 0 Å². The quantitative estimate of drug-likeness (QED) is 0.492. The predicted octanol–water partition coefficient (Wildman–Crippen LogP) is 3.45. The molecule has 2 aromatic rings. The number of hydrazine groups is 1. The van der Waals surface area contributed by atoms with Gasteiger partial charge < -0.3 is 15.4 Å². The van der Waals surface area contributed by atoms with Crippen molar-refractivity contribution in [2.75, 3.05) is 17.7 Å². The Kier molecular flexibility index (Phi) is 6.77. The molecular formula is C17H20N4OS2. The number of benzene rings is 2. The standard InChI is InChI=1S/C17H20N4OS2/c1-3-12-8-10-13(11-9-12)18-16(23)20-21-17(24)19-14-6-4-5-7-15(14)22-2/h4-11H,3H2,1-2H3,(H2,18,20,23)(H2,19,21,24). The molecule has 0 bridgehead atoms. The lowest BCUT2D eigenvalue weighted by atomic mass is 10.1. The molecule has 2 rings (SSSR count). The fourth-order valence-electron chi connectivity index (χ4n) is 2.00. The minimum Gasteiger partial charge on any atom is -0.495 e. The number of thiocarbonyl (C=S) groups is 2. The van der Waals surface area contributed by atoms with Crippen molar-refractivity contribution in [3.05, 3.63) is 54.1 Å². The molecule has 0 saturated carbocycles. The highest BCUT2D eigenvalue weighted by Crippen LogP contribution is 2.22. The summed E-state index contributed by atoms with van der Waals surface area (Å²) in [6, 6.07) is 15.6.